The summed E-state index contributed by atoms with van der Waals surface area (Å²) in [5.74, 6) is 0.926. The van der Waals surface area contributed by atoms with Crippen molar-refractivity contribution >= 4 is 26.8 Å². The highest BCUT2D eigenvalue weighted by atomic mass is 79.9. The summed E-state index contributed by atoms with van der Waals surface area (Å²) in [7, 11) is 1.71. The van der Waals surface area contributed by atoms with Gasteiger partial charge in [0.1, 0.15) is 5.75 Å². The normalized spacial score (nSPS) is 15.9. The van der Waals surface area contributed by atoms with Crippen LogP contribution in [0.4, 0.5) is 0 Å². The summed E-state index contributed by atoms with van der Waals surface area (Å²) in [6.45, 7) is 0. The van der Waals surface area contributed by atoms with Gasteiger partial charge in [0.25, 0.3) is 0 Å². The van der Waals surface area contributed by atoms with Crippen LogP contribution in [0.15, 0.2) is 28.9 Å². The lowest BCUT2D eigenvalue weighted by Gasteiger charge is -2.05. The zero-order chi connectivity index (χ0) is 10.4. The number of aromatic nitrogens is 1. The zero-order valence-electron chi connectivity index (χ0n) is 8.53. The Kier molecular flexibility index (Phi) is 2.02. The lowest BCUT2D eigenvalue weighted by atomic mass is 10.2. The molecule has 1 heterocycles. The van der Waals surface area contributed by atoms with Crippen molar-refractivity contribution < 1.29 is 4.74 Å². The van der Waals surface area contributed by atoms with Gasteiger partial charge in [-0.2, -0.15) is 0 Å². The number of rotatable bonds is 2. The Hall–Kier alpha value is -0.960. The van der Waals surface area contributed by atoms with E-state index in [1.807, 2.05) is 6.07 Å². The van der Waals surface area contributed by atoms with E-state index in [2.05, 4.69) is 38.7 Å². The van der Waals surface area contributed by atoms with Crippen molar-refractivity contribution in [3.8, 4) is 5.75 Å². The molecule has 0 spiro atoms. The standard InChI is InChI=1S/C12H12BrNO/c1-15-10-5-2-8-6-12(13)14(9-3-4-9)11(8)7-10/h2,5-7,9H,3-4H2,1H3. The highest BCUT2D eigenvalue weighted by Crippen LogP contribution is 2.41. The van der Waals surface area contributed by atoms with Gasteiger partial charge < -0.3 is 9.30 Å². The second-order valence-corrected chi connectivity index (χ2v) is 4.81. The quantitative estimate of drug-likeness (QED) is 0.807. The van der Waals surface area contributed by atoms with Gasteiger partial charge in [-0.1, -0.05) is 0 Å². The van der Waals surface area contributed by atoms with Crippen molar-refractivity contribution in [2.75, 3.05) is 7.11 Å². The number of benzene rings is 1. The monoisotopic (exact) mass is 265 g/mol. The largest absolute Gasteiger partial charge is 0.497 e. The number of hydrogen-bond acceptors (Lipinski definition) is 1. The molecule has 0 radical (unpaired) electrons. The van der Waals surface area contributed by atoms with Crippen LogP contribution < -0.4 is 4.74 Å². The molecule has 2 aromatic rings. The van der Waals surface area contributed by atoms with Crippen LogP contribution in [0.2, 0.25) is 0 Å². The molecule has 0 bridgehead atoms. The van der Waals surface area contributed by atoms with Crippen molar-refractivity contribution in [1.82, 2.24) is 4.57 Å². The number of fused-ring (bicyclic) bond motifs is 1. The van der Waals surface area contributed by atoms with Gasteiger partial charge in [-0.25, -0.2) is 0 Å². The van der Waals surface area contributed by atoms with Crippen LogP contribution in [0.5, 0.6) is 5.75 Å². The Morgan fingerprint density at radius 3 is 2.80 bits per heavy atom. The first-order valence-electron chi connectivity index (χ1n) is 5.14. The number of methoxy groups -OCH3 is 1. The van der Waals surface area contributed by atoms with E-state index in [4.69, 9.17) is 4.74 Å². The van der Waals surface area contributed by atoms with E-state index >= 15 is 0 Å². The van der Waals surface area contributed by atoms with Crippen molar-refractivity contribution in [2.45, 2.75) is 18.9 Å². The second-order valence-electron chi connectivity index (χ2n) is 3.99. The summed E-state index contributed by atoms with van der Waals surface area (Å²) in [5, 5.41) is 1.27. The molecule has 0 N–H and O–H groups in total. The molecule has 0 atom stereocenters. The average molecular weight is 266 g/mol. The maximum atomic E-state index is 5.26. The summed E-state index contributed by atoms with van der Waals surface area (Å²) in [5.41, 5.74) is 1.27. The number of halogens is 1. The number of nitrogens with zero attached hydrogens (tertiary/aromatic N) is 1. The fraction of sp³-hybridized carbons (Fsp3) is 0.333. The van der Waals surface area contributed by atoms with Gasteiger partial charge in [0, 0.05) is 17.5 Å². The van der Waals surface area contributed by atoms with E-state index in [0.717, 1.165) is 5.75 Å². The molecular weight excluding hydrogens is 254 g/mol. The molecule has 0 aliphatic heterocycles. The lowest BCUT2D eigenvalue weighted by molar-refractivity contribution is 0.415. The third-order valence-corrected chi connectivity index (χ3v) is 3.52. The maximum absolute atomic E-state index is 5.26. The highest BCUT2D eigenvalue weighted by Gasteiger charge is 2.26. The van der Waals surface area contributed by atoms with E-state index in [-0.39, 0.29) is 0 Å². The molecule has 1 aliphatic carbocycles. The van der Waals surface area contributed by atoms with Crippen molar-refractivity contribution in [2.24, 2.45) is 0 Å². The minimum atomic E-state index is 0.684. The molecule has 0 unspecified atom stereocenters. The average Bonchev–Trinajstić information content (AvgIpc) is 3.00. The van der Waals surface area contributed by atoms with Crippen LogP contribution >= 0.6 is 15.9 Å². The summed E-state index contributed by atoms with van der Waals surface area (Å²) < 4.78 is 8.79. The molecule has 78 valence electrons. The van der Waals surface area contributed by atoms with Crippen molar-refractivity contribution in [3.63, 3.8) is 0 Å². The molecule has 3 heteroatoms. The molecule has 3 rings (SSSR count). The lowest BCUT2D eigenvalue weighted by Crippen LogP contribution is -1.93. The smallest absolute Gasteiger partial charge is 0.120 e. The molecule has 2 nitrogen and oxygen atoms in total. The van der Waals surface area contributed by atoms with Crippen LogP contribution in [0.1, 0.15) is 18.9 Å². The Morgan fingerprint density at radius 2 is 2.13 bits per heavy atom. The Balaban J connectivity index is 2.26. The molecule has 1 aliphatic rings. The van der Waals surface area contributed by atoms with Crippen LogP contribution in [-0.4, -0.2) is 11.7 Å². The predicted octanol–water partition coefficient (Wildman–Crippen LogP) is 3.75. The van der Waals surface area contributed by atoms with E-state index in [1.165, 1.54) is 28.3 Å². The third-order valence-electron chi connectivity index (χ3n) is 2.91. The van der Waals surface area contributed by atoms with Gasteiger partial charge in [-0.05, 0) is 47.0 Å². The Bertz CT molecular complexity index is 514. The zero-order valence-corrected chi connectivity index (χ0v) is 10.1. The van der Waals surface area contributed by atoms with Gasteiger partial charge in [-0.3, -0.25) is 0 Å². The number of hydrogen-bond donors (Lipinski definition) is 0. The fourth-order valence-electron chi connectivity index (χ4n) is 2.00. The predicted molar refractivity (Wildman–Crippen MR) is 64.5 cm³/mol. The first kappa shape index (κ1) is 9.28. The van der Waals surface area contributed by atoms with Crippen molar-refractivity contribution in [3.05, 3.63) is 28.9 Å². The summed E-state index contributed by atoms with van der Waals surface area (Å²) >= 11 is 3.62. The van der Waals surface area contributed by atoms with Gasteiger partial charge in [0.2, 0.25) is 0 Å². The molecule has 0 amide bonds. The van der Waals surface area contributed by atoms with Gasteiger partial charge in [0.05, 0.1) is 17.2 Å². The molecule has 0 saturated heterocycles. The number of ether oxygens (including phenoxy) is 1. The Labute approximate surface area is 97.0 Å². The molecular formula is C12H12BrNO. The summed E-state index contributed by atoms with van der Waals surface area (Å²) in [6, 6.07) is 9.08. The summed E-state index contributed by atoms with van der Waals surface area (Å²) in [6.07, 6.45) is 2.58. The highest BCUT2D eigenvalue weighted by molar-refractivity contribution is 9.10. The van der Waals surface area contributed by atoms with E-state index in [1.54, 1.807) is 7.11 Å². The van der Waals surface area contributed by atoms with Crippen molar-refractivity contribution in [1.29, 1.82) is 0 Å². The van der Waals surface area contributed by atoms with E-state index in [9.17, 15) is 0 Å². The van der Waals surface area contributed by atoms with Crippen LogP contribution in [0, 0.1) is 0 Å². The molecule has 1 aromatic heterocycles. The van der Waals surface area contributed by atoms with Gasteiger partial charge in [0.15, 0.2) is 0 Å². The minimum Gasteiger partial charge on any atom is -0.497 e. The topological polar surface area (TPSA) is 14.2 Å². The van der Waals surface area contributed by atoms with E-state index < -0.39 is 0 Å². The van der Waals surface area contributed by atoms with Crippen LogP contribution in [0.3, 0.4) is 0 Å². The fourth-order valence-corrected chi connectivity index (χ4v) is 2.73. The molecule has 1 aromatic carbocycles. The minimum absolute atomic E-state index is 0.684. The van der Waals surface area contributed by atoms with Crippen LogP contribution in [0.25, 0.3) is 10.9 Å². The molecule has 15 heavy (non-hydrogen) atoms. The SMILES string of the molecule is COc1ccc2cc(Br)n(C3CC3)c2c1. The Morgan fingerprint density at radius 1 is 1.33 bits per heavy atom. The van der Waals surface area contributed by atoms with Crippen LogP contribution in [-0.2, 0) is 0 Å². The second kappa shape index (κ2) is 3.27. The van der Waals surface area contributed by atoms with Gasteiger partial charge >= 0.3 is 0 Å². The first-order valence-corrected chi connectivity index (χ1v) is 5.93. The maximum Gasteiger partial charge on any atom is 0.120 e. The molecule has 1 saturated carbocycles. The van der Waals surface area contributed by atoms with E-state index in [0.29, 0.717) is 6.04 Å². The molecule has 1 fully saturated rings. The van der Waals surface area contributed by atoms with Gasteiger partial charge in [-0.15, -0.1) is 0 Å². The first-order chi connectivity index (χ1) is 7.29. The third kappa shape index (κ3) is 1.46. The summed E-state index contributed by atoms with van der Waals surface area (Å²) in [4.78, 5) is 0.